The highest BCUT2D eigenvalue weighted by Crippen LogP contribution is 2.26. The lowest BCUT2D eigenvalue weighted by Crippen LogP contribution is -1.99. The number of hydrogen-bond acceptors (Lipinski definition) is 2. The maximum absolute atomic E-state index is 4.26. The normalized spacial score (nSPS) is 13.8. The molecule has 0 radical (unpaired) electrons. The van der Waals surface area contributed by atoms with Crippen molar-refractivity contribution in [1.82, 2.24) is 9.55 Å². The zero-order chi connectivity index (χ0) is 11.0. The van der Waals surface area contributed by atoms with E-state index < -0.39 is 0 Å². The Labute approximate surface area is 95.1 Å². The van der Waals surface area contributed by atoms with Gasteiger partial charge in [-0.3, -0.25) is 0 Å². The van der Waals surface area contributed by atoms with Gasteiger partial charge in [-0.2, -0.15) is 0 Å². The van der Waals surface area contributed by atoms with Gasteiger partial charge in [-0.1, -0.05) is 6.07 Å². The Morgan fingerprint density at radius 1 is 1.25 bits per heavy atom. The molecular weight excluding hydrogens is 198 g/mol. The number of benzene rings is 1. The molecule has 82 valence electrons. The van der Waals surface area contributed by atoms with E-state index >= 15 is 0 Å². The van der Waals surface area contributed by atoms with Gasteiger partial charge in [0, 0.05) is 25.1 Å². The Hall–Kier alpha value is -1.77. The maximum atomic E-state index is 4.26. The zero-order valence-corrected chi connectivity index (χ0v) is 9.40. The third kappa shape index (κ3) is 1.58. The minimum atomic E-state index is 0.887. The van der Waals surface area contributed by atoms with Crippen LogP contribution in [0.2, 0.25) is 0 Å². The molecule has 3 nitrogen and oxygen atoms in total. The van der Waals surface area contributed by atoms with Crippen molar-refractivity contribution in [2.24, 2.45) is 7.05 Å². The van der Waals surface area contributed by atoms with E-state index in [2.05, 4.69) is 28.5 Å². The molecule has 3 rings (SSSR count). The third-order valence-electron chi connectivity index (χ3n) is 3.18. The number of nitrogens with zero attached hydrogens (tertiary/aromatic N) is 2. The lowest BCUT2D eigenvalue weighted by Gasteiger charge is -2.07. The summed E-state index contributed by atoms with van der Waals surface area (Å²) in [5.41, 5.74) is 4.12. The van der Waals surface area contributed by atoms with E-state index in [0.717, 1.165) is 11.6 Å². The van der Waals surface area contributed by atoms with Gasteiger partial charge in [0.05, 0.1) is 0 Å². The smallest absolute Gasteiger partial charge is 0.207 e. The Morgan fingerprint density at radius 2 is 2.12 bits per heavy atom. The van der Waals surface area contributed by atoms with E-state index in [4.69, 9.17) is 0 Å². The first-order valence-corrected chi connectivity index (χ1v) is 5.69. The largest absolute Gasteiger partial charge is 0.326 e. The average molecular weight is 213 g/mol. The predicted molar refractivity (Wildman–Crippen MR) is 65.0 cm³/mol. The van der Waals surface area contributed by atoms with Crippen molar-refractivity contribution in [3.8, 4) is 0 Å². The molecule has 0 saturated heterocycles. The zero-order valence-electron chi connectivity index (χ0n) is 9.40. The van der Waals surface area contributed by atoms with Crippen molar-refractivity contribution in [3.63, 3.8) is 0 Å². The van der Waals surface area contributed by atoms with Gasteiger partial charge in [0.15, 0.2) is 0 Å². The van der Waals surface area contributed by atoms with Gasteiger partial charge in [0.25, 0.3) is 0 Å². The molecule has 0 unspecified atom stereocenters. The van der Waals surface area contributed by atoms with Crippen LogP contribution in [0.4, 0.5) is 11.6 Å². The molecule has 0 fully saturated rings. The fourth-order valence-corrected chi connectivity index (χ4v) is 2.26. The predicted octanol–water partition coefficient (Wildman–Crippen LogP) is 2.65. The van der Waals surface area contributed by atoms with Crippen LogP contribution < -0.4 is 5.32 Å². The Kier molecular flexibility index (Phi) is 2.17. The van der Waals surface area contributed by atoms with Crippen LogP contribution in [0.3, 0.4) is 0 Å². The van der Waals surface area contributed by atoms with Gasteiger partial charge >= 0.3 is 0 Å². The lowest BCUT2D eigenvalue weighted by molar-refractivity contribution is 0.911. The van der Waals surface area contributed by atoms with Crippen LogP contribution in [0.15, 0.2) is 30.6 Å². The van der Waals surface area contributed by atoms with Crippen molar-refractivity contribution in [2.45, 2.75) is 19.3 Å². The van der Waals surface area contributed by atoms with Gasteiger partial charge < -0.3 is 9.88 Å². The molecule has 16 heavy (non-hydrogen) atoms. The molecule has 1 aromatic heterocycles. The Bertz CT molecular complexity index is 514. The fraction of sp³-hybridized carbons (Fsp3) is 0.308. The van der Waals surface area contributed by atoms with Crippen molar-refractivity contribution in [3.05, 3.63) is 41.7 Å². The molecule has 0 amide bonds. The molecule has 1 heterocycles. The second kappa shape index (κ2) is 3.67. The van der Waals surface area contributed by atoms with Crippen LogP contribution in [0.25, 0.3) is 0 Å². The monoisotopic (exact) mass is 213 g/mol. The number of imidazole rings is 1. The summed E-state index contributed by atoms with van der Waals surface area (Å²) in [6.45, 7) is 0. The number of hydrogen-bond donors (Lipinski definition) is 1. The molecule has 3 heteroatoms. The first kappa shape index (κ1) is 9.46. The number of aromatic nitrogens is 2. The van der Waals surface area contributed by atoms with Gasteiger partial charge in [-0.15, -0.1) is 0 Å². The van der Waals surface area contributed by atoms with Crippen molar-refractivity contribution in [1.29, 1.82) is 0 Å². The van der Waals surface area contributed by atoms with E-state index in [1.54, 1.807) is 6.20 Å². The quantitative estimate of drug-likeness (QED) is 0.831. The standard InChI is InChI=1S/C13H15N3/c1-16-8-7-14-13(16)15-12-6-5-10-3-2-4-11(10)9-12/h5-9H,2-4H2,1H3,(H,14,15). The number of fused-ring (bicyclic) bond motifs is 1. The molecule has 1 aromatic carbocycles. The minimum absolute atomic E-state index is 0.887. The van der Waals surface area contributed by atoms with Gasteiger partial charge in [-0.05, 0) is 42.5 Å². The maximum Gasteiger partial charge on any atom is 0.207 e. The highest BCUT2D eigenvalue weighted by molar-refractivity contribution is 5.56. The van der Waals surface area contributed by atoms with Gasteiger partial charge in [0.2, 0.25) is 5.95 Å². The summed E-state index contributed by atoms with van der Waals surface area (Å²) in [5.74, 6) is 0.887. The number of anilines is 2. The minimum Gasteiger partial charge on any atom is -0.326 e. The summed E-state index contributed by atoms with van der Waals surface area (Å²) in [7, 11) is 1.99. The Morgan fingerprint density at radius 3 is 2.94 bits per heavy atom. The van der Waals surface area contributed by atoms with Crippen molar-refractivity contribution in [2.75, 3.05) is 5.32 Å². The number of nitrogens with one attached hydrogen (secondary N) is 1. The van der Waals surface area contributed by atoms with E-state index in [-0.39, 0.29) is 0 Å². The first-order valence-electron chi connectivity index (χ1n) is 5.69. The molecule has 2 aromatic rings. The van der Waals surface area contributed by atoms with Gasteiger partial charge in [-0.25, -0.2) is 4.98 Å². The summed E-state index contributed by atoms with van der Waals surface area (Å²) in [5, 5.41) is 3.33. The SMILES string of the molecule is Cn1ccnc1Nc1ccc2c(c1)CCC2. The fourth-order valence-electron chi connectivity index (χ4n) is 2.26. The van der Waals surface area contributed by atoms with Crippen LogP contribution >= 0.6 is 0 Å². The molecule has 0 saturated carbocycles. The second-order valence-corrected chi connectivity index (χ2v) is 4.32. The van der Waals surface area contributed by atoms with Crippen LogP contribution in [0.1, 0.15) is 17.5 Å². The van der Waals surface area contributed by atoms with Crippen molar-refractivity contribution >= 4 is 11.6 Å². The van der Waals surface area contributed by atoms with E-state index in [9.17, 15) is 0 Å². The average Bonchev–Trinajstić information content (AvgIpc) is 2.88. The molecule has 1 aliphatic carbocycles. The summed E-state index contributed by atoms with van der Waals surface area (Å²) in [4.78, 5) is 4.26. The van der Waals surface area contributed by atoms with Gasteiger partial charge in [0.1, 0.15) is 0 Å². The van der Waals surface area contributed by atoms with Crippen LogP contribution in [0, 0.1) is 0 Å². The molecule has 0 spiro atoms. The van der Waals surface area contributed by atoms with Crippen LogP contribution in [-0.2, 0) is 19.9 Å². The summed E-state index contributed by atoms with van der Waals surface area (Å²) in [6, 6.07) is 6.61. The molecule has 0 bridgehead atoms. The molecule has 1 aliphatic rings. The van der Waals surface area contributed by atoms with E-state index in [0.29, 0.717) is 0 Å². The lowest BCUT2D eigenvalue weighted by atomic mass is 10.1. The molecule has 0 aliphatic heterocycles. The highest BCUT2D eigenvalue weighted by Gasteiger charge is 2.11. The molecular formula is C13H15N3. The van der Waals surface area contributed by atoms with E-state index in [1.165, 1.54) is 30.4 Å². The molecule has 1 N–H and O–H groups in total. The number of aryl methyl sites for hydroxylation is 3. The third-order valence-corrected chi connectivity index (χ3v) is 3.18. The molecule has 0 atom stereocenters. The van der Waals surface area contributed by atoms with Crippen molar-refractivity contribution < 1.29 is 0 Å². The highest BCUT2D eigenvalue weighted by atomic mass is 15.2. The van der Waals surface area contributed by atoms with Crippen LogP contribution in [-0.4, -0.2) is 9.55 Å². The number of rotatable bonds is 2. The second-order valence-electron chi connectivity index (χ2n) is 4.32. The van der Waals surface area contributed by atoms with Crippen LogP contribution in [0.5, 0.6) is 0 Å². The summed E-state index contributed by atoms with van der Waals surface area (Å²) >= 11 is 0. The summed E-state index contributed by atoms with van der Waals surface area (Å²) < 4.78 is 1.98. The Balaban J connectivity index is 1.88. The topological polar surface area (TPSA) is 29.9 Å². The summed E-state index contributed by atoms with van der Waals surface area (Å²) in [6.07, 6.45) is 7.48. The van der Waals surface area contributed by atoms with E-state index in [1.807, 2.05) is 17.8 Å². The first-order chi connectivity index (χ1) is 7.83.